The van der Waals surface area contributed by atoms with Crippen LogP contribution in [0.5, 0.6) is 0 Å². The number of nitrogens with one attached hydrogen (secondary N) is 1. The van der Waals surface area contributed by atoms with E-state index in [2.05, 4.69) is 19.9 Å². The summed E-state index contributed by atoms with van der Waals surface area (Å²) in [6.45, 7) is 0. The first-order chi connectivity index (χ1) is 7.24. The third-order valence-corrected chi connectivity index (χ3v) is 2.32. The highest BCUT2D eigenvalue weighted by atomic mass is 32.2. The molecule has 0 radical (unpaired) electrons. The molecule has 2 aromatic rings. The van der Waals surface area contributed by atoms with Crippen molar-refractivity contribution < 1.29 is 0 Å². The number of aromatic amines is 1. The maximum Gasteiger partial charge on any atom is 0.251 e. The molecule has 0 aliphatic heterocycles. The lowest BCUT2D eigenvalue weighted by molar-refractivity contribution is 0.929. The van der Waals surface area contributed by atoms with Gasteiger partial charge >= 0.3 is 0 Å². The van der Waals surface area contributed by atoms with Crippen molar-refractivity contribution in [2.24, 2.45) is 0 Å². The van der Waals surface area contributed by atoms with Crippen LogP contribution in [0.25, 0.3) is 0 Å². The summed E-state index contributed by atoms with van der Waals surface area (Å²) in [5.41, 5.74) is 5.19. The Labute approximate surface area is 89.0 Å². The maximum atomic E-state index is 11.0. The number of aromatic nitrogens is 4. The van der Waals surface area contributed by atoms with Crippen molar-refractivity contribution in [3.05, 3.63) is 35.0 Å². The van der Waals surface area contributed by atoms with E-state index in [1.165, 1.54) is 36.4 Å². The van der Waals surface area contributed by atoms with E-state index in [9.17, 15) is 4.79 Å². The molecule has 0 saturated carbocycles. The predicted octanol–water partition coefficient (Wildman–Crippen LogP) is 0.293. The van der Waals surface area contributed by atoms with Crippen LogP contribution in [0, 0.1) is 0 Å². The number of H-pyrrole nitrogens is 1. The van der Waals surface area contributed by atoms with Crippen LogP contribution >= 0.6 is 11.8 Å². The third-order valence-electron chi connectivity index (χ3n) is 1.50. The van der Waals surface area contributed by atoms with Crippen LogP contribution in [0.4, 0.5) is 5.82 Å². The van der Waals surface area contributed by atoms with Crippen LogP contribution in [-0.2, 0) is 0 Å². The average molecular weight is 221 g/mol. The third kappa shape index (κ3) is 2.53. The molecule has 0 amide bonds. The van der Waals surface area contributed by atoms with Crippen molar-refractivity contribution in [2.45, 2.75) is 10.2 Å². The van der Waals surface area contributed by atoms with Gasteiger partial charge in [0.15, 0.2) is 5.16 Å². The standard InChI is InChI=1S/C8H7N5OS/c9-5-3-12-7(4-11-5)15-8-10-2-1-6(14)13-8/h1-4H,(H2,9,11)(H,10,13,14). The molecule has 15 heavy (non-hydrogen) atoms. The number of nitrogens with two attached hydrogens (primary N) is 1. The highest BCUT2D eigenvalue weighted by Gasteiger charge is 2.00. The van der Waals surface area contributed by atoms with Gasteiger partial charge in [0.25, 0.3) is 5.56 Å². The number of nitrogen functional groups attached to an aromatic ring is 1. The summed E-state index contributed by atoms with van der Waals surface area (Å²) < 4.78 is 0. The lowest BCUT2D eigenvalue weighted by Crippen LogP contribution is -2.05. The number of hydrogen-bond acceptors (Lipinski definition) is 6. The molecular formula is C8H7N5OS. The van der Waals surface area contributed by atoms with Gasteiger partial charge in [0, 0.05) is 12.3 Å². The first-order valence-corrected chi connectivity index (χ1v) is 4.86. The zero-order valence-corrected chi connectivity index (χ0v) is 8.36. The van der Waals surface area contributed by atoms with Crippen LogP contribution in [0.15, 0.2) is 39.6 Å². The minimum Gasteiger partial charge on any atom is -0.382 e. The van der Waals surface area contributed by atoms with Crippen LogP contribution in [0.2, 0.25) is 0 Å². The Morgan fingerprint density at radius 2 is 2.13 bits per heavy atom. The smallest absolute Gasteiger partial charge is 0.251 e. The normalized spacial score (nSPS) is 10.1. The number of nitrogens with zero attached hydrogens (tertiary/aromatic N) is 3. The molecule has 0 aromatic carbocycles. The van der Waals surface area contributed by atoms with E-state index >= 15 is 0 Å². The summed E-state index contributed by atoms with van der Waals surface area (Å²) >= 11 is 1.21. The molecule has 0 fully saturated rings. The van der Waals surface area contributed by atoms with Gasteiger partial charge in [-0.1, -0.05) is 0 Å². The molecule has 6 nitrogen and oxygen atoms in total. The number of anilines is 1. The summed E-state index contributed by atoms with van der Waals surface area (Å²) in [6, 6.07) is 1.35. The number of rotatable bonds is 2. The molecule has 76 valence electrons. The second kappa shape index (κ2) is 4.09. The van der Waals surface area contributed by atoms with Crippen molar-refractivity contribution in [2.75, 3.05) is 5.73 Å². The Balaban J connectivity index is 2.22. The molecule has 0 aliphatic rings. The second-order valence-corrected chi connectivity index (χ2v) is 3.63. The highest BCUT2D eigenvalue weighted by Crippen LogP contribution is 2.19. The van der Waals surface area contributed by atoms with Crippen LogP contribution in [0.1, 0.15) is 0 Å². The Bertz CT molecular complexity index is 509. The van der Waals surface area contributed by atoms with Gasteiger partial charge in [-0.15, -0.1) is 0 Å². The molecule has 7 heteroatoms. The molecular weight excluding hydrogens is 214 g/mol. The van der Waals surface area contributed by atoms with Gasteiger partial charge in [-0.2, -0.15) is 0 Å². The van der Waals surface area contributed by atoms with Crippen molar-refractivity contribution >= 4 is 17.6 Å². The van der Waals surface area contributed by atoms with Crippen molar-refractivity contribution in [3.8, 4) is 0 Å². The highest BCUT2D eigenvalue weighted by molar-refractivity contribution is 7.99. The predicted molar refractivity (Wildman–Crippen MR) is 55.4 cm³/mol. The Hall–Kier alpha value is -1.89. The SMILES string of the molecule is Nc1cnc(Sc2nccc(=O)[nH]2)cn1. The fourth-order valence-electron chi connectivity index (χ4n) is 0.882. The molecule has 0 unspecified atom stereocenters. The van der Waals surface area contributed by atoms with E-state index in [1.807, 2.05) is 0 Å². The summed E-state index contributed by atoms with van der Waals surface area (Å²) in [4.78, 5) is 25.4. The van der Waals surface area contributed by atoms with E-state index in [0.29, 0.717) is 16.0 Å². The molecule has 2 rings (SSSR count). The zero-order chi connectivity index (χ0) is 10.7. The van der Waals surface area contributed by atoms with Crippen molar-refractivity contribution in [3.63, 3.8) is 0 Å². The quantitative estimate of drug-likeness (QED) is 0.707. The minimum absolute atomic E-state index is 0.198. The van der Waals surface area contributed by atoms with Crippen LogP contribution < -0.4 is 11.3 Å². The van der Waals surface area contributed by atoms with E-state index < -0.39 is 0 Å². The lowest BCUT2D eigenvalue weighted by atomic mass is 10.7. The molecule has 3 N–H and O–H groups in total. The first kappa shape index (κ1) is 9.66. The van der Waals surface area contributed by atoms with E-state index in [-0.39, 0.29) is 5.56 Å². The zero-order valence-electron chi connectivity index (χ0n) is 7.54. The van der Waals surface area contributed by atoms with E-state index in [0.717, 1.165) is 0 Å². The van der Waals surface area contributed by atoms with Gasteiger partial charge in [0.1, 0.15) is 10.8 Å². The fraction of sp³-hybridized carbons (Fsp3) is 0. The monoisotopic (exact) mass is 221 g/mol. The summed E-state index contributed by atoms with van der Waals surface area (Å²) in [5, 5.41) is 1.10. The van der Waals surface area contributed by atoms with E-state index in [4.69, 9.17) is 5.73 Å². The van der Waals surface area contributed by atoms with Gasteiger partial charge < -0.3 is 10.7 Å². The van der Waals surface area contributed by atoms with Crippen LogP contribution in [0.3, 0.4) is 0 Å². The largest absolute Gasteiger partial charge is 0.382 e. The van der Waals surface area contributed by atoms with E-state index in [1.54, 1.807) is 0 Å². The maximum absolute atomic E-state index is 11.0. The average Bonchev–Trinajstić information content (AvgIpc) is 2.22. The Kier molecular flexibility index (Phi) is 2.64. The van der Waals surface area contributed by atoms with Crippen molar-refractivity contribution in [1.82, 2.24) is 19.9 Å². The Morgan fingerprint density at radius 3 is 2.80 bits per heavy atom. The topological polar surface area (TPSA) is 97.5 Å². The summed E-state index contributed by atoms with van der Waals surface area (Å²) in [7, 11) is 0. The van der Waals surface area contributed by atoms with Gasteiger partial charge in [-0.05, 0) is 11.8 Å². The van der Waals surface area contributed by atoms with Gasteiger partial charge in [0.2, 0.25) is 0 Å². The van der Waals surface area contributed by atoms with Crippen LogP contribution in [-0.4, -0.2) is 19.9 Å². The number of hydrogen-bond donors (Lipinski definition) is 2. The molecule has 2 heterocycles. The molecule has 0 spiro atoms. The van der Waals surface area contributed by atoms with Gasteiger partial charge in [-0.3, -0.25) is 4.79 Å². The molecule has 0 aliphatic carbocycles. The summed E-state index contributed by atoms with van der Waals surface area (Å²) in [5.74, 6) is 0.355. The molecule has 0 bridgehead atoms. The van der Waals surface area contributed by atoms with Gasteiger partial charge in [0.05, 0.1) is 12.4 Å². The minimum atomic E-state index is -0.198. The fourth-order valence-corrected chi connectivity index (χ4v) is 1.56. The molecule has 0 atom stereocenters. The molecule has 2 aromatic heterocycles. The van der Waals surface area contributed by atoms with Crippen molar-refractivity contribution in [1.29, 1.82) is 0 Å². The lowest BCUT2D eigenvalue weighted by Gasteiger charge is -1.98. The van der Waals surface area contributed by atoms with Gasteiger partial charge in [-0.25, -0.2) is 15.0 Å². The summed E-state index contributed by atoms with van der Waals surface area (Å²) in [6.07, 6.45) is 4.41. The first-order valence-electron chi connectivity index (χ1n) is 4.05. The molecule has 0 saturated heterocycles. The second-order valence-electron chi connectivity index (χ2n) is 2.62. The Morgan fingerprint density at radius 1 is 1.27 bits per heavy atom.